The second kappa shape index (κ2) is 6.02. The molecule has 0 aliphatic heterocycles. The van der Waals surface area contributed by atoms with E-state index in [-0.39, 0.29) is 5.78 Å². The zero-order valence-electron chi connectivity index (χ0n) is 13.7. The monoisotopic (exact) mass is 338 g/mol. The highest BCUT2D eigenvalue weighted by molar-refractivity contribution is 7.98. The Morgan fingerprint density at radius 2 is 2.08 bits per heavy atom. The van der Waals surface area contributed by atoms with Crippen molar-refractivity contribution >= 4 is 23.3 Å². The SMILES string of the molecule is Cc1ccccc1CSc1nc2nc3c(cn2n1)C(=O)CC(C)C3. The third-order valence-electron chi connectivity index (χ3n) is 4.39. The predicted molar refractivity (Wildman–Crippen MR) is 93.3 cm³/mol. The number of rotatable bonds is 3. The van der Waals surface area contributed by atoms with Gasteiger partial charge in [-0.05, 0) is 30.4 Å². The summed E-state index contributed by atoms with van der Waals surface area (Å²) in [5.41, 5.74) is 4.09. The lowest BCUT2D eigenvalue weighted by molar-refractivity contribution is 0.0951. The molecule has 0 fully saturated rings. The maximum Gasteiger partial charge on any atom is 0.253 e. The van der Waals surface area contributed by atoms with Gasteiger partial charge < -0.3 is 0 Å². The van der Waals surface area contributed by atoms with E-state index in [0.717, 1.165) is 17.9 Å². The van der Waals surface area contributed by atoms with Crippen LogP contribution in [-0.2, 0) is 12.2 Å². The Morgan fingerprint density at radius 3 is 2.92 bits per heavy atom. The molecule has 1 atom stereocenters. The molecule has 0 N–H and O–H groups in total. The third kappa shape index (κ3) is 2.82. The molecule has 0 spiro atoms. The van der Waals surface area contributed by atoms with E-state index in [9.17, 15) is 4.79 Å². The van der Waals surface area contributed by atoms with Crippen LogP contribution >= 0.6 is 11.8 Å². The van der Waals surface area contributed by atoms with Gasteiger partial charge in [0.2, 0.25) is 5.16 Å². The minimum atomic E-state index is 0.155. The fourth-order valence-corrected chi connectivity index (χ4v) is 3.93. The van der Waals surface area contributed by atoms with Crippen molar-refractivity contribution in [2.24, 2.45) is 5.92 Å². The molecular formula is C18H18N4OS. The highest BCUT2D eigenvalue weighted by Gasteiger charge is 2.25. The average Bonchev–Trinajstić information content (AvgIpc) is 2.94. The summed E-state index contributed by atoms with van der Waals surface area (Å²) in [4.78, 5) is 21.3. The lowest BCUT2D eigenvalue weighted by Gasteiger charge is -2.18. The van der Waals surface area contributed by atoms with Gasteiger partial charge in [0.05, 0.1) is 11.3 Å². The Morgan fingerprint density at radius 1 is 1.25 bits per heavy atom. The minimum Gasteiger partial charge on any atom is -0.294 e. The van der Waals surface area contributed by atoms with Crippen LogP contribution in [0.15, 0.2) is 35.6 Å². The number of Topliss-reactive ketones (excluding diaryl/α,β-unsaturated/α-hetero) is 1. The van der Waals surface area contributed by atoms with Crippen molar-refractivity contribution in [1.29, 1.82) is 0 Å². The zero-order chi connectivity index (χ0) is 16.7. The number of aromatic nitrogens is 4. The van der Waals surface area contributed by atoms with Gasteiger partial charge in [-0.1, -0.05) is 43.0 Å². The predicted octanol–water partition coefficient (Wildman–Crippen LogP) is 3.49. The second-order valence-electron chi connectivity index (χ2n) is 6.39. The van der Waals surface area contributed by atoms with Crippen molar-refractivity contribution in [3.05, 3.63) is 52.8 Å². The van der Waals surface area contributed by atoms with E-state index >= 15 is 0 Å². The van der Waals surface area contributed by atoms with Crippen LogP contribution in [0.25, 0.3) is 5.78 Å². The standard InChI is InChI=1S/C18H18N4OS/c1-11-7-15-14(16(23)8-11)9-22-17(19-15)20-18(21-22)24-10-13-6-4-3-5-12(13)2/h3-6,9,11H,7-8,10H2,1-2H3. The van der Waals surface area contributed by atoms with Crippen LogP contribution in [0, 0.1) is 12.8 Å². The first-order valence-corrected chi connectivity index (χ1v) is 9.05. The molecule has 4 rings (SSSR count). The van der Waals surface area contributed by atoms with Crippen molar-refractivity contribution in [3.8, 4) is 0 Å². The summed E-state index contributed by atoms with van der Waals surface area (Å²) >= 11 is 1.59. The van der Waals surface area contributed by atoms with Gasteiger partial charge in [-0.3, -0.25) is 4.79 Å². The molecule has 5 nitrogen and oxygen atoms in total. The highest BCUT2D eigenvalue weighted by Crippen LogP contribution is 2.26. The highest BCUT2D eigenvalue weighted by atomic mass is 32.2. The summed E-state index contributed by atoms with van der Waals surface area (Å²) < 4.78 is 1.63. The van der Waals surface area contributed by atoms with E-state index in [1.165, 1.54) is 11.1 Å². The first kappa shape index (κ1) is 15.3. The molecule has 0 amide bonds. The number of fused-ring (bicyclic) bond motifs is 2. The Labute approximate surface area is 144 Å². The Balaban J connectivity index is 1.62. The van der Waals surface area contributed by atoms with Crippen LogP contribution in [-0.4, -0.2) is 25.4 Å². The van der Waals surface area contributed by atoms with Gasteiger partial charge in [0.15, 0.2) is 5.78 Å². The van der Waals surface area contributed by atoms with E-state index < -0.39 is 0 Å². The van der Waals surface area contributed by atoms with Gasteiger partial charge in [-0.2, -0.15) is 4.98 Å². The fourth-order valence-electron chi connectivity index (χ4n) is 3.03. The lowest BCUT2D eigenvalue weighted by atomic mass is 9.88. The van der Waals surface area contributed by atoms with Gasteiger partial charge in [0.1, 0.15) is 0 Å². The number of ketones is 1. The summed E-state index contributed by atoms with van der Waals surface area (Å²) in [6.45, 7) is 4.19. The molecule has 0 bridgehead atoms. The molecule has 0 saturated carbocycles. The van der Waals surface area contributed by atoms with Gasteiger partial charge in [0.25, 0.3) is 5.78 Å². The molecule has 1 aromatic carbocycles. The van der Waals surface area contributed by atoms with E-state index in [0.29, 0.717) is 28.8 Å². The quantitative estimate of drug-likeness (QED) is 0.684. The minimum absolute atomic E-state index is 0.155. The van der Waals surface area contributed by atoms with Crippen molar-refractivity contribution in [2.45, 2.75) is 37.6 Å². The summed E-state index contributed by atoms with van der Waals surface area (Å²) in [6, 6.07) is 8.31. The van der Waals surface area contributed by atoms with E-state index in [2.05, 4.69) is 41.0 Å². The van der Waals surface area contributed by atoms with Gasteiger partial charge in [0, 0.05) is 18.4 Å². The summed E-state index contributed by atoms with van der Waals surface area (Å²) in [7, 11) is 0. The number of carbonyl (C=O) groups excluding carboxylic acids is 1. The molecule has 1 aliphatic carbocycles. The first-order chi connectivity index (χ1) is 11.6. The summed E-state index contributed by atoms with van der Waals surface area (Å²) in [6.07, 6.45) is 3.20. The lowest BCUT2D eigenvalue weighted by Crippen LogP contribution is -2.20. The van der Waals surface area contributed by atoms with E-state index in [4.69, 9.17) is 0 Å². The Bertz CT molecular complexity index is 934. The zero-order valence-corrected chi connectivity index (χ0v) is 14.5. The third-order valence-corrected chi connectivity index (χ3v) is 5.27. The Hall–Kier alpha value is -2.21. The largest absolute Gasteiger partial charge is 0.294 e. The van der Waals surface area contributed by atoms with E-state index in [1.54, 1.807) is 22.5 Å². The van der Waals surface area contributed by atoms with Crippen LogP contribution in [0.3, 0.4) is 0 Å². The smallest absolute Gasteiger partial charge is 0.253 e. The van der Waals surface area contributed by atoms with Crippen LogP contribution < -0.4 is 0 Å². The normalized spacial score (nSPS) is 17.2. The van der Waals surface area contributed by atoms with Crippen LogP contribution in [0.2, 0.25) is 0 Å². The molecule has 122 valence electrons. The van der Waals surface area contributed by atoms with Crippen LogP contribution in [0.4, 0.5) is 0 Å². The molecule has 2 aromatic heterocycles. The van der Waals surface area contributed by atoms with E-state index in [1.807, 2.05) is 12.1 Å². The molecule has 6 heteroatoms. The number of aryl methyl sites for hydroxylation is 1. The van der Waals surface area contributed by atoms with Crippen molar-refractivity contribution < 1.29 is 4.79 Å². The van der Waals surface area contributed by atoms with Gasteiger partial charge in [-0.15, -0.1) is 5.10 Å². The summed E-state index contributed by atoms with van der Waals surface area (Å²) in [5, 5.41) is 5.16. The molecule has 0 saturated heterocycles. The van der Waals surface area contributed by atoms with Gasteiger partial charge >= 0.3 is 0 Å². The molecule has 0 radical (unpaired) electrons. The van der Waals surface area contributed by atoms with Crippen molar-refractivity contribution in [1.82, 2.24) is 19.6 Å². The topological polar surface area (TPSA) is 60.1 Å². The van der Waals surface area contributed by atoms with Crippen LogP contribution in [0.1, 0.15) is 40.5 Å². The van der Waals surface area contributed by atoms with Gasteiger partial charge in [-0.25, -0.2) is 9.50 Å². The summed E-state index contributed by atoms with van der Waals surface area (Å²) in [5.74, 6) is 1.89. The molecule has 2 heterocycles. The number of hydrogen-bond donors (Lipinski definition) is 0. The van der Waals surface area contributed by atoms with Crippen molar-refractivity contribution in [3.63, 3.8) is 0 Å². The number of benzene rings is 1. The Kier molecular flexibility index (Phi) is 3.84. The maximum absolute atomic E-state index is 12.2. The second-order valence-corrected chi connectivity index (χ2v) is 7.33. The fraction of sp³-hybridized carbons (Fsp3) is 0.333. The molecule has 1 aliphatic rings. The maximum atomic E-state index is 12.2. The molecule has 1 unspecified atom stereocenters. The first-order valence-electron chi connectivity index (χ1n) is 8.07. The van der Waals surface area contributed by atoms with Crippen LogP contribution in [0.5, 0.6) is 0 Å². The van der Waals surface area contributed by atoms with Crippen molar-refractivity contribution in [2.75, 3.05) is 0 Å². The molecular weight excluding hydrogens is 320 g/mol. The number of nitrogens with zero attached hydrogens (tertiary/aromatic N) is 4. The average molecular weight is 338 g/mol. The molecule has 3 aromatic rings. The molecule has 24 heavy (non-hydrogen) atoms. The number of carbonyl (C=O) groups is 1. The number of thioether (sulfide) groups is 1. The number of hydrogen-bond acceptors (Lipinski definition) is 5.